The van der Waals surface area contributed by atoms with Crippen molar-refractivity contribution in [2.75, 3.05) is 0 Å². The number of imidazole rings is 1. The second kappa shape index (κ2) is 3.86. The Labute approximate surface area is 96.2 Å². The van der Waals surface area contributed by atoms with E-state index >= 15 is 0 Å². The average Bonchev–Trinajstić information content (AvgIpc) is 3.01. The van der Waals surface area contributed by atoms with Crippen LogP contribution in [-0.4, -0.2) is 19.7 Å². The molecule has 2 aromatic heterocycles. The molecule has 4 nitrogen and oxygen atoms in total. The van der Waals surface area contributed by atoms with Gasteiger partial charge in [-0.15, -0.1) is 10.2 Å². The van der Waals surface area contributed by atoms with Gasteiger partial charge in [0.25, 0.3) is 0 Å². The second-order valence-corrected chi connectivity index (χ2v) is 4.18. The topological polar surface area (TPSA) is 43.6 Å². The van der Waals surface area contributed by atoms with E-state index in [-0.39, 0.29) is 0 Å². The van der Waals surface area contributed by atoms with E-state index < -0.39 is 0 Å². The Hall–Kier alpha value is -2.01. The van der Waals surface area contributed by atoms with Crippen LogP contribution in [0.4, 0.5) is 0 Å². The molecule has 1 aromatic carbocycles. The lowest BCUT2D eigenvalue weighted by atomic mass is 10.2. The molecule has 0 unspecified atom stereocenters. The van der Waals surface area contributed by atoms with Crippen molar-refractivity contribution < 1.29 is 0 Å². The third kappa shape index (κ3) is 1.61. The zero-order valence-corrected chi connectivity index (χ0v) is 9.13. The second-order valence-electron chi connectivity index (χ2n) is 3.23. The summed E-state index contributed by atoms with van der Waals surface area (Å²) in [5, 5.41) is 10.0. The Morgan fingerprint density at radius 3 is 2.69 bits per heavy atom. The van der Waals surface area contributed by atoms with Crippen LogP contribution in [0.15, 0.2) is 49.1 Å². The van der Waals surface area contributed by atoms with Gasteiger partial charge in [-0.3, -0.25) is 4.57 Å². The zero-order valence-electron chi connectivity index (χ0n) is 8.32. The molecule has 2 heterocycles. The fraction of sp³-hybridized carbons (Fsp3) is 0. The number of nitrogens with zero attached hydrogens (tertiary/aromatic N) is 4. The van der Waals surface area contributed by atoms with E-state index in [4.69, 9.17) is 0 Å². The van der Waals surface area contributed by atoms with Gasteiger partial charge in [0, 0.05) is 18.0 Å². The van der Waals surface area contributed by atoms with Crippen molar-refractivity contribution in [3.63, 3.8) is 0 Å². The van der Waals surface area contributed by atoms with Crippen LogP contribution in [0.5, 0.6) is 0 Å². The van der Waals surface area contributed by atoms with Crippen LogP contribution in [0.3, 0.4) is 0 Å². The molecule has 0 aliphatic heterocycles. The van der Waals surface area contributed by atoms with E-state index in [1.807, 2.05) is 41.1 Å². The predicted octanol–water partition coefficient (Wildman–Crippen LogP) is 2.39. The molecule has 0 aliphatic carbocycles. The van der Waals surface area contributed by atoms with Crippen LogP contribution in [-0.2, 0) is 0 Å². The summed E-state index contributed by atoms with van der Waals surface area (Å²) in [6.45, 7) is 0. The fourth-order valence-corrected chi connectivity index (χ4v) is 2.19. The number of hydrogen-bond donors (Lipinski definition) is 0. The molecule has 0 bridgehead atoms. The van der Waals surface area contributed by atoms with E-state index in [9.17, 15) is 0 Å². The van der Waals surface area contributed by atoms with Crippen LogP contribution >= 0.6 is 11.3 Å². The Bertz CT molecular complexity index is 571. The number of rotatable bonds is 2. The third-order valence-electron chi connectivity index (χ3n) is 2.16. The number of hydrogen-bond acceptors (Lipinski definition) is 4. The van der Waals surface area contributed by atoms with Crippen LogP contribution in [0.2, 0.25) is 0 Å². The summed E-state index contributed by atoms with van der Waals surface area (Å²) in [7, 11) is 0. The van der Waals surface area contributed by atoms with Crippen molar-refractivity contribution >= 4 is 11.3 Å². The van der Waals surface area contributed by atoms with Crippen LogP contribution in [0.1, 0.15) is 0 Å². The Morgan fingerprint density at radius 1 is 1.06 bits per heavy atom. The van der Waals surface area contributed by atoms with Gasteiger partial charge in [0.1, 0.15) is 11.3 Å². The lowest BCUT2D eigenvalue weighted by Gasteiger charge is -1.92. The standard InChI is InChI=1S/C11H8N4S/c1-2-4-9(5-3-1)10-13-14-11(16-10)15-7-6-12-8-15/h1-8H. The van der Waals surface area contributed by atoms with E-state index in [1.165, 1.54) is 0 Å². The quantitative estimate of drug-likeness (QED) is 0.676. The molecule has 3 aromatic rings. The van der Waals surface area contributed by atoms with Gasteiger partial charge in [-0.05, 0) is 0 Å². The molecule has 0 aliphatic rings. The van der Waals surface area contributed by atoms with Gasteiger partial charge in [0.15, 0.2) is 0 Å². The van der Waals surface area contributed by atoms with Crippen LogP contribution in [0.25, 0.3) is 15.7 Å². The van der Waals surface area contributed by atoms with Crippen molar-refractivity contribution in [3.05, 3.63) is 49.1 Å². The molecule has 0 N–H and O–H groups in total. The van der Waals surface area contributed by atoms with Crippen molar-refractivity contribution in [2.45, 2.75) is 0 Å². The summed E-state index contributed by atoms with van der Waals surface area (Å²) in [5.74, 6) is 0. The molecule has 16 heavy (non-hydrogen) atoms. The lowest BCUT2D eigenvalue weighted by molar-refractivity contribution is 0.966. The molecule has 0 radical (unpaired) electrons. The summed E-state index contributed by atoms with van der Waals surface area (Å²) < 4.78 is 1.85. The van der Waals surface area contributed by atoms with Gasteiger partial charge in [0.2, 0.25) is 5.13 Å². The van der Waals surface area contributed by atoms with Gasteiger partial charge >= 0.3 is 0 Å². The lowest BCUT2D eigenvalue weighted by Crippen LogP contribution is -1.87. The average molecular weight is 228 g/mol. The van der Waals surface area contributed by atoms with Crippen molar-refractivity contribution in [3.8, 4) is 15.7 Å². The van der Waals surface area contributed by atoms with E-state index in [0.717, 1.165) is 15.7 Å². The van der Waals surface area contributed by atoms with Gasteiger partial charge in [-0.25, -0.2) is 4.98 Å². The van der Waals surface area contributed by atoms with Crippen molar-refractivity contribution in [1.82, 2.24) is 19.7 Å². The summed E-state index contributed by atoms with van der Waals surface area (Å²) in [5.41, 5.74) is 1.09. The van der Waals surface area contributed by atoms with E-state index in [0.29, 0.717) is 0 Å². The molecule has 0 saturated carbocycles. The molecule has 0 atom stereocenters. The van der Waals surface area contributed by atoms with Gasteiger partial charge in [-0.2, -0.15) is 0 Å². The molecular formula is C11H8N4S. The minimum atomic E-state index is 0.830. The minimum Gasteiger partial charge on any atom is -0.280 e. The largest absolute Gasteiger partial charge is 0.280 e. The normalized spacial score (nSPS) is 10.5. The Morgan fingerprint density at radius 2 is 1.94 bits per heavy atom. The predicted molar refractivity (Wildman–Crippen MR) is 62.5 cm³/mol. The molecule has 0 amide bonds. The highest BCUT2D eigenvalue weighted by atomic mass is 32.1. The molecule has 5 heteroatoms. The first kappa shape index (κ1) is 9.23. The highest BCUT2D eigenvalue weighted by Gasteiger charge is 2.06. The molecule has 78 valence electrons. The summed E-state index contributed by atoms with van der Waals surface area (Å²) >= 11 is 1.54. The minimum absolute atomic E-state index is 0.830. The first-order valence-corrected chi connectivity index (χ1v) is 5.62. The van der Waals surface area contributed by atoms with E-state index in [1.54, 1.807) is 23.9 Å². The first-order valence-electron chi connectivity index (χ1n) is 4.81. The van der Waals surface area contributed by atoms with Gasteiger partial charge in [0.05, 0.1) is 0 Å². The molecule has 3 rings (SSSR count). The summed E-state index contributed by atoms with van der Waals surface area (Å²) in [4.78, 5) is 3.98. The molecule has 0 fully saturated rings. The number of aromatic nitrogens is 4. The van der Waals surface area contributed by atoms with Gasteiger partial charge in [-0.1, -0.05) is 41.7 Å². The molecular weight excluding hydrogens is 220 g/mol. The van der Waals surface area contributed by atoms with Crippen molar-refractivity contribution in [2.24, 2.45) is 0 Å². The van der Waals surface area contributed by atoms with Crippen LogP contribution in [0, 0.1) is 0 Å². The third-order valence-corrected chi connectivity index (χ3v) is 3.15. The Kier molecular flexibility index (Phi) is 2.23. The number of benzene rings is 1. The highest BCUT2D eigenvalue weighted by Crippen LogP contribution is 2.24. The summed E-state index contributed by atoms with van der Waals surface area (Å²) in [6, 6.07) is 10.0. The van der Waals surface area contributed by atoms with Crippen molar-refractivity contribution in [1.29, 1.82) is 0 Å². The SMILES string of the molecule is c1ccc(-c2nnc(-n3ccnc3)s2)cc1. The Balaban J connectivity index is 2.00. The maximum absolute atomic E-state index is 4.16. The first-order chi connectivity index (χ1) is 7.93. The smallest absolute Gasteiger partial charge is 0.217 e. The highest BCUT2D eigenvalue weighted by molar-refractivity contribution is 7.17. The van der Waals surface area contributed by atoms with Crippen LogP contribution < -0.4 is 0 Å². The molecule has 0 spiro atoms. The maximum atomic E-state index is 4.16. The maximum Gasteiger partial charge on any atom is 0.217 e. The monoisotopic (exact) mass is 228 g/mol. The van der Waals surface area contributed by atoms with Gasteiger partial charge < -0.3 is 0 Å². The fourth-order valence-electron chi connectivity index (χ4n) is 1.39. The van der Waals surface area contributed by atoms with E-state index in [2.05, 4.69) is 15.2 Å². The molecule has 0 saturated heterocycles. The summed E-state index contributed by atoms with van der Waals surface area (Å²) in [6.07, 6.45) is 5.30. The zero-order chi connectivity index (χ0) is 10.8.